The minimum atomic E-state index is -0.670. The molecule has 2 rings (SSSR count). The Morgan fingerprint density at radius 1 is 1.26 bits per heavy atom. The first-order valence-corrected chi connectivity index (χ1v) is 8.58. The third-order valence-electron chi connectivity index (χ3n) is 4.87. The zero-order chi connectivity index (χ0) is 13.9. The van der Waals surface area contributed by atoms with E-state index in [2.05, 4.69) is 24.0 Å². The molecule has 4 heteroatoms. The van der Waals surface area contributed by atoms with Crippen LogP contribution in [0, 0.1) is 5.92 Å². The van der Waals surface area contributed by atoms with Gasteiger partial charge in [-0.2, -0.15) is 11.8 Å². The standard InChI is InChI=1S/C15H27NO2S/c1-11-5-3-6-12(9-11)19-13-7-4-8-15(10-13,16-2)14(17)18/h11-13,16H,3-10H2,1-2H3,(H,17,18). The van der Waals surface area contributed by atoms with E-state index in [1.807, 2.05) is 0 Å². The first kappa shape index (κ1) is 15.2. The maximum absolute atomic E-state index is 11.5. The van der Waals surface area contributed by atoms with Crippen LogP contribution in [-0.2, 0) is 4.79 Å². The van der Waals surface area contributed by atoms with Crippen LogP contribution in [-0.4, -0.2) is 34.2 Å². The molecule has 0 aliphatic heterocycles. The van der Waals surface area contributed by atoms with E-state index in [-0.39, 0.29) is 0 Å². The normalized spacial score (nSPS) is 40.0. The monoisotopic (exact) mass is 285 g/mol. The van der Waals surface area contributed by atoms with Crippen molar-refractivity contribution in [3.63, 3.8) is 0 Å². The van der Waals surface area contributed by atoms with Gasteiger partial charge in [-0.05, 0) is 51.5 Å². The van der Waals surface area contributed by atoms with Crippen LogP contribution in [0.2, 0.25) is 0 Å². The maximum Gasteiger partial charge on any atom is 0.323 e. The number of aliphatic carboxylic acids is 1. The summed E-state index contributed by atoms with van der Waals surface area (Å²) in [6.45, 7) is 2.35. The molecule has 19 heavy (non-hydrogen) atoms. The molecule has 2 aliphatic carbocycles. The molecule has 0 amide bonds. The molecule has 110 valence electrons. The van der Waals surface area contributed by atoms with Crippen molar-refractivity contribution in [3.8, 4) is 0 Å². The molecule has 0 spiro atoms. The summed E-state index contributed by atoms with van der Waals surface area (Å²) in [7, 11) is 1.80. The summed E-state index contributed by atoms with van der Waals surface area (Å²) in [4.78, 5) is 11.5. The van der Waals surface area contributed by atoms with Crippen molar-refractivity contribution in [1.82, 2.24) is 5.32 Å². The van der Waals surface area contributed by atoms with E-state index in [0.29, 0.717) is 5.25 Å². The Hall–Kier alpha value is -0.220. The van der Waals surface area contributed by atoms with Crippen LogP contribution in [0.3, 0.4) is 0 Å². The van der Waals surface area contributed by atoms with Crippen LogP contribution >= 0.6 is 11.8 Å². The maximum atomic E-state index is 11.5. The van der Waals surface area contributed by atoms with Gasteiger partial charge in [-0.15, -0.1) is 0 Å². The molecule has 4 atom stereocenters. The number of carboxylic acids is 1. The second kappa shape index (κ2) is 6.49. The number of rotatable bonds is 4. The zero-order valence-corrected chi connectivity index (χ0v) is 13.0. The smallest absolute Gasteiger partial charge is 0.323 e. The van der Waals surface area contributed by atoms with Crippen molar-refractivity contribution in [3.05, 3.63) is 0 Å². The van der Waals surface area contributed by atoms with E-state index in [1.54, 1.807) is 7.05 Å². The van der Waals surface area contributed by atoms with Gasteiger partial charge >= 0.3 is 5.97 Å². The molecule has 2 N–H and O–H groups in total. The van der Waals surface area contributed by atoms with Gasteiger partial charge in [0.2, 0.25) is 0 Å². The van der Waals surface area contributed by atoms with Crippen LogP contribution < -0.4 is 5.32 Å². The number of likely N-dealkylation sites (N-methyl/N-ethyl adjacent to an activating group) is 1. The van der Waals surface area contributed by atoms with Crippen LogP contribution in [0.15, 0.2) is 0 Å². The number of hydrogen-bond acceptors (Lipinski definition) is 3. The summed E-state index contributed by atoms with van der Waals surface area (Å²) >= 11 is 2.08. The van der Waals surface area contributed by atoms with Crippen LogP contribution in [0.5, 0.6) is 0 Å². The summed E-state index contributed by atoms with van der Waals surface area (Å²) in [6.07, 6.45) is 9.15. The molecular formula is C15H27NO2S. The molecular weight excluding hydrogens is 258 g/mol. The molecule has 0 radical (unpaired) electrons. The van der Waals surface area contributed by atoms with Crippen molar-refractivity contribution >= 4 is 17.7 Å². The second-order valence-electron chi connectivity index (χ2n) is 6.39. The highest BCUT2D eigenvalue weighted by atomic mass is 32.2. The van der Waals surface area contributed by atoms with Gasteiger partial charge in [-0.3, -0.25) is 4.79 Å². The van der Waals surface area contributed by atoms with E-state index in [0.717, 1.165) is 30.4 Å². The van der Waals surface area contributed by atoms with Gasteiger partial charge in [0.25, 0.3) is 0 Å². The van der Waals surface area contributed by atoms with Gasteiger partial charge in [0.05, 0.1) is 0 Å². The first-order chi connectivity index (χ1) is 9.05. The number of nitrogens with one attached hydrogen (secondary N) is 1. The van der Waals surface area contributed by atoms with Gasteiger partial charge in [0.15, 0.2) is 0 Å². The fourth-order valence-corrected chi connectivity index (χ4v) is 5.61. The Labute approximate surface area is 120 Å². The third-order valence-corrected chi connectivity index (χ3v) is 6.47. The van der Waals surface area contributed by atoms with Crippen molar-refractivity contribution < 1.29 is 9.90 Å². The minimum absolute atomic E-state index is 0.521. The van der Waals surface area contributed by atoms with Gasteiger partial charge in [-0.25, -0.2) is 0 Å². The van der Waals surface area contributed by atoms with E-state index >= 15 is 0 Å². The molecule has 2 aliphatic rings. The molecule has 2 fully saturated rings. The van der Waals surface area contributed by atoms with E-state index < -0.39 is 11.5 Å². The average molecular weight is 285 g/mol. The summed E-state index contributed by atoms with van der Waals surface area (Å²) in [5.74, 6) is 0.181. The van der Waals surface area contributed by atoms with Gasteiger partial charge in [-0.1, -0.05) is 19.8 Å². The fraction of sp³-hybridized carbons (Fsp3) is 0.933. The van der Waals surface area contributed by atoms with Crippen molar-refractivity contribution in [2.24, 2.45) is 5.92 Å². The predicted octanol–water partition coefficient (Wildman–Crippen LogP) is 3.28. The lowest BCUT2D eigenvalue weighted by atomic mass is 9.81. The van der Waals surface area contributed by atoms with E-state index in [1.165, 1.54) is 32.1 Å². The third kappa shape index (κ3) is 3.66. The molecule has 0 aromatic carbocycles. The summed E-state index contributed by atoms with van der Waals surface area (Å²) in [6, 6.07) is 0. The Morgan fingerprint density at radius 3 is 2.63 bits per heavy atom. The Bertz CT molecular complexity index is 323. The Kier molecular flexibility index (Phi) is 5.18. The number of thioether (sulfide) groups is 1. The molecule has 0 aromatic rings. The van der Waals surface area contributed by atoms with Crippen molar-refractivity contribution in [1.29, 1.82) is 0 Å². The van der Waals surface area contributed by atoms with Crippen LogP contribution in [0.25, 0.3) is 0 Å². The van der Waals surface area contributed by atoms with Gasteiger partial charge < -0.3 is 10.4 Å². The lowest BCUT2D eigenvalue weighted by Gasteiger charge is -2.39. The Morgan fingerprint density at radius 2 is 2.00 bits per heavy atom. The van der Waals surface area contributed by atoms with Crippen LogP contribution in [0.1, 0.15) is 58.3 Å². The summed E-state index contributed by atoms with van der Waals surface area (Å²) < 4.78 is 0. The highest BCUT2D eigenvalue weighted by Gasteiger charge is 2.42. The SMILES string of the molecule is CNC1(C(=O)O)CCCC(SC2CCCC(C)C2)C1. The largest absolute Gasteiger partial charge is 0.480 e. The number of carbonyl (C=O) groups is 1. The molecule has 3 nitrogen and oxygen atoms in total. The molecule has 0 bridgehead atoms. The topological polar surface area (TPSA) is 49.3 Å². The minimum Gasteiger partial charge on any atom is -0.480 e. The molecule has 2 saturated carbocycles. The van der Waals surface area contributed by atoms with Gasteiger partial charge in [0, 0.05) is 10.5 Å². The quantitative estimate of drug-likeness (QED) is 0.832. The lowest BCUT2D eigenvalue weighted by molar-refractivity contribution is -0.146. The van der Waals surface area contributed by atoms with Crippen LogP contribution in [0.4, 0.5) is 0 Å². The second-order valence-corrected chi connectivity index (χ2v) is 7.99. The lowest BCUT2D eigenvalue weighted by Crippen LogP contribution is -2.54. The average Bonchev–Trinajstić information content (AvgIpc) is 2.38. The molecule has 0 aromatic heterocycles. The molecule has 0 heterocycles. The summed E-state index contributed by atoms with van der Waals surface area (Å²) in [5.41, 5.74) is -0.670. The molecule has 4 unspecified atom stereocenters. The Balaban J connectivity index is 1.92. The fourth-order valence-electron chi connectivity index (χ4n) is 3.64. The molecule has 0 saturated heterocycles. The first-order valence-electron chi connectivity index (χ1n) is 7.63. The van der Waals surface area contributed by atoms with Gasteiger partial charge in [0.1, 0.15) is 5.54 Å². The van der Waals surface area contributed by atoms with E-state index in [4.69, 9.17) is 0 Å². The number of hydrogen-bond donors (Lipinski definition) is 2. The number of carboxylic acid groups (broad SMARTS) is 1. The highest BCUT2D eigenvalue weighted by molar-refractivity contribution is 8.00. The van der Waals surface area contributed by atoms with Crippen molar-refractivity contribution in [2.75, 3.05) is 7.05 Å². The zero-order valence-electron chi connectivity index (χ0n) is 12.2. The van der Waals surface area contributed by atoms with Crippen molar-refractivity contribution in [2.45, 2.75) is 74.3 Å². The predicted molar refractivity (Wildman–Crippen MR) is 80.7 cm³/mol. The highest BCUT2D eigenvalue weighted by Crippen LogP contribution is 2.41. The van der Waals surface area contributed by atoms with E-state index in [9.17, 15) is 9.90 Å². The summed E-state index contributed by atoms with van der Waals surface area (Å²) in [5, 5.41) is 13.8.